The number of benzene rings is 1. The molecule has 0 unspecified atom stereocenters. The van der Waals surface area contributed by atoms with Crippen LogP contribution in [0, 0.1) is 11.6 Å². The number of thioether (sulfide) groups is 1. The van der Waals surface area contributed by atoms with E-state index in [4.69, 9.17) is 10.7 Å². The Hall–Kier alpha value is -0.740. The highest BCUT2D eigenvalue weighted by atomic mass is 35.7. The Morgan fingerprint density at radius 3 is 2.30 bits per heavy atom. The van der Waals surface area contributed by atoms with E-state index >= 15 is 0 Å². The molecule has 0 bridgehead atoms. The minimum atomic E-state index is -4.47. The lowest BCUT2D eigenvalue weighted by Crippen LogP contribution is -2.09. The number of alkyl halides is 3. The van der Waals surface area contributed by atoms with Gasteiger partial charge < -0.3 is 4.74 Å². The molecule has 0 saturated heterocycles. The summed E-state index contributed by atoms with van der Waals surface area (Å²) in [5, 5.41) is 0. The van der Waals surface area contributed by atoms with Gasteiger partial charge in [0, 0.05) is 16.4 Å². The van der Waals surface area contributed by atoms with Crippen molar-refractivity contribution in [3.63, 3.8) is 0 Å². The van der Waals surface area contributed by atoms with Crippen molar-refractivity contribution in [1.82, 2.24) is 0 Å². The summed E-state index contributed by atoms with van der Waals surface area (Å²) in [6.07, 6.45) is 0. The molecule has 0 heterocycles. The van der Waals surface area contributed by atoms with Crippen molar-refractivity contribution in [3.05, 3.63) is 23.8 Å². The predicted octanol–water partition coefficient (Wildman–Crippen LogP) is 3.52. The molecule has 0 aliphatic heterocycles. The third-order valence-corrected chi connectivity index (χ3v) is 3.92. The van der Waals surface area contributed by atoms with E-state index in [2.05, 4.69) is 4.74 Å². The summed E-state index contributed by atoms with van der Waals surface area (Å²) in [5.41, 5.74) is -4.45. The highest BCUT2D eigenvalue weighted by Gasteiger charge is 2.28. The summed E-state index contributed by atoms with van der Waals surface area (Å²) >= 11 is -0.388. The van der Waals surface area contributed by atoms with Gasteiger partial charge in [0.2, 0.25) is 5.82 Å². The van der Waals surface area contributed by atoms with Gasteiger partial charge in [-0.2, -0.15) is 17.6 Å². The average Bonchev–Trinajstić information content (AvgIpc) is 2.26. The maximum absolute atomic E-state index is 13.4. The summed E-state index contributed by atoms with van der Waals surface area (Å²) in [5.74, 6) is -4.61. The molecule has 0 aliphatic rings. The highest BCUT2D eigenvalue weighted by Crippen LogP contribution is 2.31. The van der Waals surface area contributed by atoms with Gasteiger partial charge in [-0.25, -0.2) is 12.8 Å². The van der Waals surface area contributed by atoms with Gasteiger partial charge in [0.05, 0.1) is 6.61 Å². The molecule has 0 atom stereocenters. The second kappa shape index (κ2) is 6.35. The lowest BCUT2D eigenvalue weighted by molar-refractivity contribution is -0.0329. The molecular formula is C9H6ClF5O3S2. The maximum atomic E-state index is 13.4. The molecule has 0 radical (unpaired) electrons. The number of hydrogen-bond donors (Lipinski definition) is 0. The highest BCUT2D eigenvalue weighted by molar-refractivity contribution is 8.13. The first-order valence-electron chi connectivity index (χ1n) is 4.78. The monoisotopic (exact) mass is 356 g/mol. The Labute approximate surface area is 119 Å². The van der Waals surface area contributed by atoms with Crippen molar-refractivity contribution >= 4 is 31.5 Å². The Kier molecular flexibility index (Phi) is 5.50. The Morgan fingerprint density at radius 1 is 1.20 bits per heavy atom. The molecule has 1 rings (SSSR count). The number of rotatable bonds is 5. The van der Waals surface area contributed by atoms with Crippen molar-refractivity contribution in [3.8, 4) is 5.75 Å². The SMILES string of the molecule is O=S(=O)(Cl)c1ccc(OCCSC(F)(F)F)c(F)c1F. The van der Waals surface area contributed by atoms with Crippen molar-refractivity contribution in [2.24, 2.45) is 0 Å². The fraction of sp³-hybridized carbons (Fsp3) is 0.333. The van der Waals surface area contributed by atoms with Crippen LogP contribution in [0.25, 0.3) is 0 Å². The topological polar surface area (TPSA) is 43.4 Å². The Bertz CT molecular complexity index is 588. The van der Waals surface area contributed by atoms with Crippen LogP contribution in [0.4, 0.5) is 22.0 Å². The van der Waals surface area contributed by atoms with Gasteiger partial charge in [0.25, 0.3) is 9.05 Å². The first kappa shape index (κ1) is 17.3. The summed E-state index contributed by atoms with van der Waals surface area (Å²) in [4.78, 5) is -1.08. The second-order valence-electron chi connectivity index (χ2n) is 3.27. The Morgan fingerprint density at radius 2 is 1.80 bits per heavy atom. The van der Waals surface area contributed by atoms with Crippen molar-refractivity contribution < 1.29 is 35.1 Å². The summed E-state index contributed by atoms with van der Waals surface area (Å²) in [6.45, 7) is -0.534. The molecule has 3 nitrogen and oxygen atoms in total. The molecule has 0 N–H and O–H groups in total. The first-order chi connectivity index (χ1) is 9.02. The zero-order valence-corrected chi connectivity index (χ0v) is 11.8. The van der Waals surface area contributed by atoms with Gasteiger partial charge in [-0.05, 0) is 23.9 Å². The quantitative estimate of drug-likeness (QED) is 0.460. The van der Waals surface area contributed by atoms with E-state index in [-0.39, 0.29) is 11.8 Å². The van der Waals surface area contributed by atoms with Crippen LogP contribution in [-0.2, 0) is 9.05 Å². The summed E-state index contributed by atoms with van der Waals surface area (Å²) < 4.78 is 88.5. The van der Waals surface area contributed by atoms with Gasteiger partial charge in [0.15, 0.2) is 11.6 Å². The molecule has 0 amide bonds. The lowest BCUT2D eigenvalue weighted by Gasteiger charge is -2.09. The van der Waals surface area contributed by atoms with Crippen LogP contribution in [0.15, 0.2) is 17.0 Å². The van der Waals surface area contributed by atoms with Crippen LogP contribution in [0.1, 0.15) is 0 Å². The zero-order chi connectivity index (χ0) is 15.6. The lowest BCUT2D eigenvalue weighted by atomic mass is 10.3. The molecule has 0 aliphatic carbocycles. The molecule has 114 valence electrons. The molecule has 11 heteroatoms. The van der Waals surface area contributed by atoms with E-state index in [0.29, 0.717) is 6.07 Å². The van der Waals surface area contributed by atoms with E-state index in [0.717, 1.165) is 6.07 Å². The van der Waals surface area contributed by atoms with Crippen LogP contribution in [-0.4, -0.2) is 26.3 Å². The largest absolute Gasteiger partial charge is 0.490 e. The molecular weight excluding hydrogens is 351 g/mol. The van der Waals surface area contributed by atoms with E-state index in [1.165, 1.54) is 0 Å². The number of hydrogen-bond acceptors (Lipinski definition) is 4. The van der Waals surface area contributed by atoms with Crippen LogP contribution < -0.4 is 4.74 Å². The minimum absolute atomic E-state index is 0.388. The fourth-order valence-corrected chi connectivity index (χ4v) is 2.41. The van der Waals surface area contributed by atoms with E-state index in [1.54, 1.807) is 0 Å². The van der Waals surface area contributed by atoms with Gasteiger partial charge in [0.1, 0.15) is 4.90 Å². The number of halogens is 6. The molecule has 0 aromatic heterocycles. The van der Waals surface area contributed by atoms with Gasteiger partial charge >= 0.3 is 5.51 Å². The van der Waals surface area contributed by atoms with Crippen LogP contribution >= 0.6 is 22.4 Å². The first-order valence-corrected chi connectivity index (χ1v) is 8.08. The molecule has 0 spiro atoms. The second-order valence-corrected chi connectivity index (χ2v) is 6.96. The van der Waals surface area contributed by atoms with Gasteiger partial charge in [-0.15, -0.1) is 0 Å². The smallest absolute Gasteiger partial charge is 0.441 e. The van der Waals surface area contributed by atoms with Crippen LogP contribution in [0.3, 0.4) is 0 Å². The van der Waals surface area contributed by atoms with Crippen LogP contribution in [0.2, 0.25) is 0 Å². The predicted molar refractivity (Wildman–Crippen MR) is 63.4 cm³/mol. The minimum Gasteiger partial charge on any atom is -0.490 e. The molecule has 1 aromatic rings. The van der Waals surface area contributed by atoms with Gasteiger partial charge in [-0.1, -0.05) is 0 Å². The number of ether oxygens (including phenoxy) is 1. The molecule has 20 heavy (non-hydrogen) atoms. The molecule has 1 aromatic carbocycles. The fourth-order valence-electron chi connectivity index (χ4n) is 1.12. The van der Waals surface area contributed by atoms with Gasteiger partial charge in [-0.3, -0.25) is 0 Å². The third-order valence-electron chi connectivity index (χ3n) is 1.88. The third kappa shape index (κ3) is 4.98. The summed E-state index contributed by atoms with van der Waals surface area (Å²) in [7, 11) is 0.393. The van der Waals surface area contributed by atoms with E-state index in [1.807, 2.05) is 0 Å². The van der Waals surface area contributed by atoms with Crippen molar-refractivity contribution in [2.75, 3.05) is 12.4 Å². The van der Waals surface area contributed by atoms with E-state index in [9.17, 15) is 30.4 Å². The van der Waals surface area contributed by atoms with E-state index < -0.39 is 49.2 Å². The van der Waals surface area contributed by atoms with Crippen LogP contribution in [0.5, 0.6) is 5.75 Å². The normalized spacial score (nSPS) is 12.5. The average molecular weight is 357 g/mol. The zero-order valence-electron chi connectivity index (χ0n) is 9.38. The standard InChI is InChI=1S/C9H6ClF5O3S2/c10-20(16,17)6-2-1-5(7(11)8(6)12)18-3-4-19-9(13,14)15/h1-2H,3-4H2. The van der Waals surface area contributed by atoms with Crippen molar-refractivity contribution in [2.45, 2.75) is 10.4 Å². The maximum Gasteiger partial charge on any atom is 0.441 e. The Balaban J connectivity index is 2.77. The molecule has 0 fully saturated rings. The molecule has 0 saturated carbocycles. The van der Waals surface area contributed by atoms with Crippen molar-refractivity contribution in [1.29, 1.82) is 0 Å². The summed E-state index contributed by atoms with van der Waals surface area (Å²) in [6, 6.07) is 1.43.